The van der Waals surface area contributed by atoms with Crippen LogP contribution in [0.4, 0.5) is 16.2 Å². The van der Waals surface area contributed by atoms with Gasteiger partial charge >= 0.3 is 18.0 Å². The molecule has 1 saturated heterocycles. The highest BCUT2D eigenvalue weighted by atomic mass is 16.7. The largest absolute Gasteiger partial charge is 0.419 e. The van der Waals surface area contributed by atoms with Crippen LogP contribution in [0.1, 0.15) is 19.4 Å². The van der Waals surface area contributed by atoms with Crippen LogP contribution in [0.25, 0.3) is 0 Å². The van der Waals surface area contributed by atoms with Gasteiger partial charge in [-0.15, -0.1) is 0 Å². The van der Waals surface area contributed by atoms with Gasteiger partial charge in [0.2, 0.25) is 0 Å². The summed E-state index contributed by atoms with van der Waals surface area (Å²) in [7, 11) is 1.69. The summed E-state index contributed by atoms with van der Waals surface area (Å²) < 4.78 is 10.0. The van der Waals surface area contributed by atoms with Gasteiger partial charge in [0.1, 0.15) is 0 Å². The van der Waals surface area contributed by atoms with Crippen molar-refractivity contribution in [3.63, 3.8) is 0 Å². The number of fused-ring (bicyclic) bond motifs is 1. The number of hydrogen-bond acceptors (Lipinski definition) is 6. The number of benzene rings is 1. The van der Waals surface area contributed by atoms with Crippen molar-refractivity contribution in [1.82, 2.24) is 4.90 Å². The summed E-state index contributed by atoms with van der Waals surface area (Å²) in [5.74, 6) is -2.81. The van der Waals surface area contributed by atoms with Gasteiger partial charge in [-0.1, -0.05) is 12.1 Å². The lowest BCUT2D eigenvalue weighted by Gasteiger charge is -2.30. The third kappa shape index (κ3) is 2.90. The molecule has 2 heterocycles. The first-order valence-corrected chi connectivity index (χ1v) is 7.34. The normalized spacial score (nSPS) is 19.0. The van der Waals surface area contributed by atoms with Crippen LogP contribution >= 0.6 is 0 Å². The Hall–Kier alpha value is -3.03. The van der Waals surface area contributed by atoms with Gasteiger partial charge in [0, 0.05) is 33.6 Å². The fourth-order valence-electron chi connectivity index (χ4n) is 2.46. The lowest BCUT2D eigenvalue weighted by molar-refractivity contribution is -0.222. The van der Waals surface area contributed by atoms with Crippen LogP contribution in [-0.2, 0) is 25.6 Å². The SMILES string of the molecule is CN1Cc2cccc(NC=C3C(=O)OC(C)(C)OC3=O)c2NC1=O. The van der Waals surface area contributed by atoms with E-state index >= 15 is 0 Å². The Balaban J connectivity index is 1.85. The van der Waals surface area contributed by atoms with Gasteiger partial charge in [-0.05, 0) is 11.6 Å². The number of carbonyl (C=O) groups excluding carboxylic acids is 3. The first-order chi connectivity index (χ1) is 11.3. The zero-order valence-electron chi connectivity index (χ0n) is 13.5. The summed E-state index contributed by atoms with van der Waals surface area (Å²) >= 11 is 0. The highest BCUT2D eigenvalue weighted by Crippen LogP contribution is 2.31. The Morgan fingerprint density at radius 3 is 2.54 bits per heavy atom. The number of amides is 2. The minimum atomic E-state index is -1.28. The molecule has 1 aromatic rings. The third-order valence-electron chi connectivity index (χ3n) is 3.63. The summed E-state index contributed by atoms with van der Waals surface area (Å²) in [5, 5.41) is 5.63. The van der Waals surface area contributed by atoms with Crippen LogP contribution in [0.15, 0.2) is 30.0 Å². The van der Waals surface area contributed by atoms with Crippen molar-refractivity contribution in [3.8, 4) is 0 Å². The molecule has 0 spiro atoms. The van der Waals surface area contributed by atoms with Crippen molar-refractivity contribution in [3.05, 3.63) is 35.5 Å². The molecule has 0 unspecified atom stereocenters. The van der Waals surface area contributed by atoms with Gasteiger partial charge < -0.3 is 25.0 Å². The first-order valence-electron chi connectivity index (χ1n) is 7.34. The molecule has 8 heteroatoms. The average molecular weight is 331 g/mol. The number of anilines is 2. The number of nitrogens with one attached hydrogen (secondary N) is 2. The van der Waals surface area contributed by atoms with Crippen LogP contribution in [-0.4, -0.2) is 35.7 Å². The Kier molecular flexibility index (Phi) is 3.67. The number of esters is 2. The Morgan fingerprint density at radius 2 is 1.88 bits per heavy atom. The Bertz CT molecular complexity index is 747. The fraction of sp³-hybridized carbons (Fsp3) is 0.312. The van der Waals surface area contributed by atoms with Crippen LogP contribution < -0.4 is 10.6 Å². The maximum atomic E-state index is 11.9. The molecule has 2 aliphatic heterocycles. The van der Waals surface area contributed by atoms with E-state index in [1.807, 2.05) is 12.1 Å². The van der Waals surface area contributed by atoms with Crippen LogP contribution in [0.5, 0.6) is 0 Å². The van der Waals surface area contributed by atoms with Gasteiger partial charge in [-0.3, -0.25) is 0 Å². The predicted octanol–water partition coefficient (Wildman–Crippen LogP) is 1.80. The summed E-state index contributed by atoms with van der Waals surface area (Å²) in [6, 6.07) is 5.19. The zero-order chi connectivity index (χ0) is 17.5. The minimum absolute atomic E-state index is 0.234. The third-order valence-corrected chi connectivity index (χ3v) is 3.63. The van der Waals surface area contributed by atoms with Crippen molar-refractivity contribution in [2.24, 2.45) is 0 Å². The molecule has 2 N–H and O–H groups in total. The second kappa shape index (κ2) is 5.55. The molecule has 0 saturated carbocycles. The van der Waals surface area contributed by atoms with E-state index in [1.165, 1.54) is 20.0 Å². The molecule has 0 radical (unpaired) electrons. The van der Waals surface area contributed by atoms with Crippen LogP contribution in [0.3, 0.4) is 0 Å². The molecule has 0 aromatic heterocycles. The first kappa shape index (κ1) is 15.9. The van der Waals surface area contributed by atoms with E-state index in [-0.39, 0.29) is 11.6 Å². The number of hydrogen-bond donors (Lipinski definition) is 2. The molecule has 24 heavy (non-hydrogen) atoms. The predicted molar refractivity (Wildman–Crippen MR) is 84.9 cm³/mol. The topological polar surface area (TPSA) is 97.0 Å². The van der Waals surface area contributed by atoms with Crippen molar-refractivity contribution in [1.29, 1.82) is 0 Å². The van der Waals surface area contributed by atoms with E-state index in [0.717, 1.165) is 5.56 Å². The number of cyclic esters (lactones) is 2. The number of carbonyl (C=O) groups is 3. The van der Waals surface area contributed by atoms with E-state index in [9.17, 15) is 14.4 Å². The van der Waals surface area contributed by atoms with Gasteiger partial charge in [-0.2, -0.15) is 0 Å². The van der Waals surface area contributed by atoms with Crippen molar-refractivity contribution in [2.75, 3.05) is 17.7 Å². The monoisotopic (exact) mass is 331 g/mol. The fourth-order valence-corrected chi connectivity index (χ4v) is 2.46. The van der Waals surface area contributed by atoms with E-state index in [0.29, 0.717) is 17.9 Å². The molecule has 2 amide bonds. The molecule has 0 atom stereocenters. The summed E-state index contributed by atoms with van der Waals surface area (Å²) in [6.45, 7) is 3.42. The van der Waals surface area contributed by atoms with E-state index in [2.05, 4.69) is 10.6 Å². The maximum Gasteiger partial charge on any atom is 0.350 e. The number of ether oxygens (including phenoxy) is 2. The molecular weight excluding hydrogens is 314 g/mol. The van der Waals surface area contributed by atoms with Crippen LogP contribution in [0.2, 0.25) is 0 Å². The molecule has 1 aromatic carbocycles. The second-order valence-electron chi connectivity index (χ2n) is 6.01. The number of nitrogens with zero attached hydrogens (tertiary/aromatic N) is 1. The lowest BCUT2D eigenvalue weighted by Crippen LogP contribution is -2.42. The maximum absolute atomic E-state index is 11.9. The van der Waals surface area contributed by atoms with Crippen molar-refractivity contribution in [2.45, 2.75) is 26.2 Å². The Morgan fingerprint density at radius 1 is 1.21 bits per heavy atom. The Labute approximate surface area is 138 Å². The average Bonchev–Trinajstić information content (AvgIpc) is 2.46. The van der Waals surface area contributed by atoms with E-state index in [4.69, 9.17) is 9.47 Å². The summed E-state index contributed by atoms with van der Waals surface area (Å²) in [6.07, 6.45) is 1.22. The molecule has 126 valence electrons. The number of urea groups is 1. The minimum Gasteiger partial charge on any atom is -0.419 e. The number of rotatable bonds is 2. The second-order valence-corrected chi connectivity index (χ2v) is 6.01. The van der Waals surface area contributed by atoms with Gasteiger partial charge in [0.25, 0.3) is 5.79 Å². The smallest absolute Gasteiger partial charge is 0.350 e. The van der Waals surface area contributed by atoms with Crippen molar-refractivity contribution < 1.29 is 23.9 Å². The van der Waals surface area contributed by atoms with E-state index < -0.39 is 17.7 Å². The number of para-hydroxylation sites is 1. The molecule has 2 aliphatic rings. The highest BCUT2D eigenvalue weighted by Gasteiger charge is 2.39. The molecular formula is C16H17N3O5. The molecule has 8 nitrogen and oxygen atoms in total. The standard InChI is InChI=1S/C16H17N3O5/c1-16(2)23-13(20)10(14(21)24-16)7-17-11-6-4-5-9-8-19(3)15(22)18-12(9)11/h4-7,17H,8H2,1-3H3,(H,18,22). The summed E-state index contributed by atoms with van der Waals surface area (Å²) in [5.41, 5.74) is 1.84. The lowest BCUT2D eigenvalue weighted by atomic mass is 10.1. The van der Waals surface area contributed by atoms with Gasteiger partial charge in [0.15, 0.2) is 5.57 Å². The van der Waals surface area contributed by atoms with Crippen LogP contribution in [0, 0.1) is 0 Å². The molecule has 0 bridgehead atoms. The van der Waals surface area contributed by atoms with Crippen molar-refractivity contribution >= 4 is 29.3 Å². The molecule has 0 aliphatic carbocycles. The molecule has 1 fully saturated rings. The van der Waals surface area contributed by atoms with E-state index in [1.54, 1.807) is 18.0 Å². The molecule has 3 rings (SSSR count). The quantitative estimate of drug-likeness (QED) is 0.487. The van der Waals surface area contributed by atoms with Gasteiger partial charge in [0.05, 0.1) is 11.4 Å². The highest BCUT2D eigenvalue weighted by molar-refractivity contribution is 6.15. The zero-order valence-corrected chi connectivity index (χ0v) is 13.5. The summed E-state index contributed by atoms with van der Waals surface area (Å²) in [4.78, 5) is 37.2. The van der Waals surface area contributed by atoms with Gasteiger partial charge in [-0.25, -0.2) is 14.4 Å².